The van der Waals surface area contributed by atoms with Crippen LogP contribution in [0.3, 0.4) is 0 Å². The van der Waals surface area contributed by atoms with E-state index in [2.05, 4.69) is 31.8 Å². The first kappa shape index (κ1) is 17.0. The van der Waals surface area contributed by atoms with E-state index in [1.807, 2.05) is 13.0 Å². The number of rotatable bonds is 3. The van der Waals surface area contributed by atoms with Crippen molar-refractivity contribution >= 4 is 39.6 Å². The molecule has 0 aliphatic carbocycles. The van der Waals surface area contributed by atoms with E-state index in [-0.39, 0.29) is 6.79 Å². The van der Waals surface area contributed by atoms with Gasteiger partial charge in [0.05, 0.1) is 6.21 Å². The number of nitrogens with one attached hydrogen (secondary N) is 2. The highest BCUT2D eigenvalue weighted by molar-refractivity contribution is 9.10. The van der Waals surface area contributed by atoms with E-state index in [9.17, 15) is 9.59 Å². The predicted molar refractivity (Wildman–Crippen MR) is 95.8 cm³/mol. The molecule has 0 saturated carbocycles. The molecule has 2 N–H and O–H groups in total. The molecule has 25 heavy (non-hydrogen) atoms. The van der Waals surface area contributed by atoms with Crippen LogP contribution in [-0.2, 0) is 9.59 Å². The Hall–Kier alpha value is -2.87. The third kappa shape index (κ3) is 4.16. The number of anilines is 1. The maximum atomic E-state index is 11.9. The van der Waals surface area contributed by atoms with E-state index < -0.39 is 11.8 Å². The number of halogens is 1. The van der Waals surface area contributed by atoms with Gasteiger partial charge < -0.3 is 14.8 Å². The Balaban J connectivity index is 1.57. The second-order valence-electron chi connectivity index (χ2n) is 5.23. The molecule has 0 aromatic heterocycles. The molecule has 0 saturated heterocycles. The van der Waals surface area contributed by atoms with Gasteiger partial charge in [0.2, 0.25) is 6.79 Å². The molecule has 0 radical (unpaired) electrons. The van der Waals surface area contributed by atoms with Crippen LogP contribution in [0.4, 0.5) is 5.69 Å². The average molecular weight is 404 g/mol. The largest absolute Gasteiger partial charge is 0.454 e. The standard InChI is InChI=1S/C17H14BrN3O4/c1-10-6-12(18)3-4-13(10)20-16(22)17(23)21-19-8-11-2-5-14-15(7-11)25-9-24-14/h2-8H,9H2,1H3,(H,20,22)(H,21,23)/b19-8+. The van der Waals surface area contributed by atoms with Crippen LogP contribution in [0.25, 0.3) is 0 Å². The molecule has 0 spiro atoms. The van der Waals surface area contributed by atoms with Crippen molar-refractivity contribution in [3.63, 3.8) is 0 Å². The lowest BCUT2D eigenvalue weighted by atomic mass is 10.2. The molecule has 8 heteroatoms. The molecule has 7 nitrogen and oxygen atoms in total. The summed E-state index contributed by atoms with van der Waals surface area (Å²) in [6.07, 6.45) is 1.41. The van der Waals surface area contributed by atoms with Gasteiger partial charge in [-0.2, -0.15) is 5.10 Å². The fourth-order valence-corrected chi connectivity index (χ4v) is 2.63. The first-order valence-electron chi connectivity index (χ1n) is 7.33. The molecule has 2 aromatic rings. The van der Waals surface area contributed by atoms with Gasteiger partial charge in [0, 0.05) is 10.2 Å². The van der Waals surface area contributed by atoms with Gasteiger partial charge in [0.25, 0.3) is 0 Å². The maximum Gasteiger partial charge on any atom is 0.329 e. The molecule has 3 rings (SSSR count). The monoisotopic (exact) mass is 403 g/mol. The second kappa shape index (κ2) is 7.35. The van der Waals surface area contributed by atoms with Crippen LogP contribution in [0.5, 0.6) is 11.5 Å². The predicted octanol–water partition coefficient (Wildman–Crippen LogP) is 2.58. The zero-order chi connectivity index (χ0) is 17.8. The summed E-state index contributed by atoms with van der Waals surface area (Å²) in [4.78, 5) is 23.7. The van der Waals surface area contributed by atoms with Gasteiger partial charge in [-0.25, -0.2) is 5.43 Å². The number of fused-ring (bicyclic) bond motifs is 1. The molecule has 2 aromatic carbocycles. The Morgan fingerprint density at radius 1 is 1.12 bits per heavy atom. The van der Waals surface area contributed by atoms with Crippen LogP contribution >= 0.6 is 15.9 Å². The van der Waals surface area contributed by atoms with Crippen molar-refractivity contribution in [2.75, 3.05) is 12.1 Å². The molecule has 1 heterocycles. The number of benzene rings is 2. The first-order chi connectivity index (χ1) is 12.0. The number of nitrogens with zero attached hydrogens (tertiary/aromatic N) is 1. The summed E-state index contributed by atoms with van der Waals surface area (Å²) >= 11 is 3.34. The van der Waals surface area contributed by atoms with Crippen LogP contribution in [0.1, 0.15) is 11.1 Å². The van der Waals surface area contributed by atoms with Crippen molar-refractivity contribution in [3.05, 3.63) is 52.0 Å². The fourth-order valence-electron chi connectivity index (χ4n) is 2.16. The number of hydrazone groups is 1. The number of hydrogen-bond donors (Lipinski definition) is 2. The third-order valence-electron chi connectivity index (χ3n) is 3.42. The average Bonchev–Trinajstić information content (AvgIpc) is 3.05. The molecular weight excluding hydrogens is 390 g/mol. The molecule has 0 fully saturated rings. The highest BCUT2D eigenvalue weighted by Gasteiger charge is 2.15. The Labute approximate surface area is 152 Å². The Kier molecular flexibility index (Phi) is 4.99. The quantitative estimate of drug-likeness (QED) is 0.468. The van der Waals surface area contributed by atoms with Crippen LogP contribution in [-0.4, -0.2) is 24.8 Å². The first-order valence-corrected chi connectivity index (χ1v) is 8.12. The molecule has 0 bridgehead atoms. The Morgan fingerprint density at radius 2 is 1.92 bits per heavy atom. The van der Waals surface area contributed by atoms with Crippen molar-refractivity contribution in [2.45, 2.75) is 6.92 Å². The van der Waals surface area contributed by atoms with Gasteiger partial charge in [0.1, 0.15) is 0 Å². The minimum Gasteiger partial charge on any atom is -0.454 e. The smallest absolute Gasteiger partial charge is 0.329 e. The zero-order valence-electron chi connectivity index (χ0n) is 13.2. The van der Waals surface area contributed by atoms with Gasteiger partial charge in [-0.15, -0.1) is 0 Å². The lowest BCUT2D eigenvalue weighted by molar-refractivity contribution is -0.136. The Morgan fingerprint density at radius 3 is 2.72 bits per heavy atom. The number of carbonyl (C=O) groups excluding carboxylic acids is 2. The van der Waals surface area contributed by atoms with E-state index in [0.717, 1.165) is 10.0 Å². The lowest BCUT2D eigenvalue weighted by Crippen LogP contribution is -2.32. The highest BCUT2D eigenvalue weighted by Crippen LogP contribution is 2.31. The van der Waals surface area contributed by atoms with Crippen molar-refractivity contribution in [1.29, 1.82) is 0 Å². The minimum atomic E-state index is -0.862. The Bertz CT molecular complexity index is 867. The highest BCUT2D eigenvalue weighted by atomic mass is 79.9. The van der Waals surface area contributed by atoms with E-state index in [4.69, 9.17) is 9.47 Å². The molecule has 1 aliphatic heterocycles. The number of carbonyl (C=O) groups is 2. The summed E-state index contributed by atoms with van der Waals surface area (Å²) < 4.78 is 11.4. The van der Waals surface area contributed by atoms with Gasteiger partial charge in [0.15, 0.2) is 11.5 Å². The van der Waals surface area contributed by atoms with Crippen molar-refractivity contribution in [1.82, 2.24) is 5.43 Å². The van der Waals surface area contributed by atoms with Gasteiger partial charge >= 0.3 is 11.8 Å². The van der Waals surface area contributed by atoms with Crippen LogP contribution < -0.4 is 20.2 Å². The molecule has 0 atom stereocenters. The van der Waals surface area contributed by atoms with Crippen LogP contribution in [0, 0.1) is 6.92 Å². The van der Waals surface area contributed by atoms with E-state index in [1.54, 1.807) is 30.3 Å². The van der Waals surface area contributed by atoms with Gasteiger partial charge in [-0.3, -0.25) is 9.59 Å². The van der Waals surface area contributed by atoms with E-state index in [1.165, 1.54) is 6.21 Å². The SMILES string of the molecule is Cc1cc(Br)ccc1NC(=O)C(=O)N/N=C/c1ccc2c(c1)OCO2. The number of amides is 2. The lowest BCUT2D eigenvalue weighted by Gasteiger charge is -2.07. The summed E-state index contributed by atoms with van der Waals surface area (Å²) in [5, 5.41) is 6.31. The summed E-state index contributed by atoms with van der Waals surface area (Å²) in [6, 6.07) is 10.6. The minimum absolute atomic E-state index is 0.183. The zero-order valence-corrected chi connectivity index (χ0v) is 14.8. The third-order valence-corrected chi connectivity index (χ3v) is 3.91. The summed E-state index contributed by atoms with van der Waals surface area (Å²) in [5.74, 6) is -0.392. The number of ether oxygens (including phenoxy) is 2. The van der Waals surface area contributed by atoms with Crippen molar-refractivity contribution in [3.8, 4) is 11.5 Å². The fraction of sp³-hybridized carbons (Fsp3) is 0.118. The summed E-state index contributed by atoms with van der Waals surface area (Å²) in [5.41, 5.74) is 4.28. The maximum absolute atomic E-state index is 11.9. The van der Waals surface area contributed by atoms with E-state index >= 15 is 0 Å². The topological polar surface area (TPSA) is 89.0 Å². The van der Waals surface area contributed by atoms with E-state index in [0.29, 0.717) is 22.7 Å². The normalized spacial score (nSPS) is 12.2. The molecule has 2 amide bonds. The second-order valence-corrected chi connectivity index (χ2v) is 6.14. The van der Waals surface area contributed by atoms with Crippen LogP contribution in [0.2, 0.25) is 0 Å². The van der Waals surface area contributed by atoms with Crippen molar-refractivity contribution < 1.29 is 19.1 Å². The van der Waals surface area contributed by atoms with Crippen molar-refractivity contribution in [2.24, 2.45) is 5.10 Å². The molecule has 128 valence electrons. The molecular formula is C17H14BrN3O4. The molecule has 0 unspecified atom stereocenters. The number of hydrogen-bond acceptors (Lipinski definition) is 5. The summed E-state index contributed by atoms with van der Waals surface area (Å²) in [7, 11) is 0. The molecule has 1 aliphatic rings. The summed E-state index contributed by atoms with van der Waals surface area (Å²) in [6.45, 7) is 2.01. The van der Waals surface area contributed by atoms with Gasteiger partial charge in [-0.05, 0) is 54.4 Å². The van der Waals surface area contributed by atoms with Crippen LogP contribution in [0.15, 0.2) is 46.0 Å². The number of aryl methyl sites for hydroxylation is 1. The van der Waals surface area contributed by atoms with Gasteiger partial charge in [-0.1, -0.05) is 15.9 Å².